The highest BCUT2D eigenvalue weighted by atomic mass is 35.5. The lowest BCUT2D eigenvalue weighted by Gasteiger charge is -2.30. The van der Waals surface area contributed by atoms with E-state index in [0.717, 1.165) is 18.4 Å². The SMILES string of the molecule is CC(c1ccc(Cl)cc1)N1CCC(=O)NC(C2CC2)C1=O. The summed E-state index contributed by atoms with van der Waals surface area (Å²) in [6, 6.07) is 7.15. The van der Waals surface area contributed by atoms with Crippen LogP contribution in [-0.2, 0) is 9.59 Å². The topological polar surface area (TPSA) is 49.4 Å². The maximum Gasteiger partial charge on any atom is 0.245 e. The predicted molar refractivity (Wildman–Crippen MR) is 80.9 cm³/mol. The van der Waals surface area contributed by atoms with Crippen molar-refractivity contribution >= 4 is 23.4 Å². The minimum absolute atomic E-state index is 0.0222. The number of hydrogen-bond acceptors (Lipinski definition) is 2. The average Bonchev–Trinajstić information content (AvgIpc) is 3.29. The van der Waals surface area contributed by atoms with Crippen LogP contribution < -0.4 is 5.32 Å². The molecule has 1 heterocycles. The van der Waals surface area contributed by atoms with E-state index in [1.807, 2.05) is 36.1 Å². The second-order valence-electron chi connectivity index (χ2n) is 5.89. The molecule has 0 radical (unpaired) electrons. The molecule has 1 aliphatic carbocycles. The molecule has 2 atom stereocenters. The van der Waals surface area contributed by atoms with E-state index in [1.54, 1.807) is 0 Å². The van der Waals surface area contributed by atoms with E-state index in [2.05, 4.69) is 5.32 Å². The zero-order chi connectivity index (χ0) is 15.0. The molecule has 1 N–H and O–H groups in total. The fourth-order valence-electron chi connectivity index (χ4n) is 2.87. The van der Waals surface area contributed by atoms with Crippen molar-refractivity contribution < 1.29 is 9.59 Å². The summed E-state index contributed by atoms with van der Waals surface area (Å²) in [7, 11) is 0. The Hall–Kier alpha value is -1.55. The van der Waals surface area contributed by atoms with Crippen molar-refractivity contribution in [2.75, 3.05) is 6.54 Å². The summed E-state index contributed by atoms with van der Waals surface area (Å²) in [6.45, 7) is 2.47. The number of hydrogen-bond donors (Lipinski definition) is 1. The van der Waals surface area contributed by atoms with Gasteiger partial charge in [0.25, 0.3) is 0 Å². The molecular formula is C16H19ClN2O2. The molecule has 1 saturated carbocycles. The fraction of sp³-hybridized carbons (Fsp3) is 0.500. The Morgan fingerprint density at radius 1 is 1.24 bits per heavy atom. The second kappa shape index (κ2) is 5.68. The first-order valence-corrected chi connectivity index (χ1v) is 7.79. The highest BCUT2D eigenvalue weighted by Crippen LogP contribution is 2.35. The number of carbonyl (C=O) groups is 2. The number of carbonyl (C=O) groups excluding carboxylic acids is 2. The van der Waals surface area contributed by atoms with E-state index in [4.69, 9.17) is 11.6 Å². The standard InChI is InChI=1S/C16H19ClN2O2/c1-10(11-4-6-13(17)7-5-11)19-9-8-14(20)18-15(16(19)21)12-2-3-12/h4-7,10,12,15H,2-3,8-9H2,1H3,(H,18,20). The van der Waals surface area contributed by atoms with Crippen molar-refractivity contribution in [1.82, 2.24) is 10.2 Å². The van der Waals surface area contributed by atoms with Crippen LogP contribution in [0.1, 0.15) is 37.8 Å². The van der Waals surface area contributed by atoms with Gasteiger partial charge in [-0.05, 0) is 43.4 Å². The Morgan fingerprint density at radius 3 is 2.52 bits per heavy atom. The van der Waals surface area contributed by atoms with Gasteiger partial charge < -0.3 is 10.2 Å². The zero-order valence-electron chi connectivity index (χ0n) is 12.0. The largest absolute Gasteiger partial charge is 0.344 e. The number of nitrogens with zero attached hydrogens (tertiary/aromatic N) is 1. The van der Waals surface area contributed by atoms with Crippen molar-refractivity contribution in [2.24, 2.45) is 5.92 Å². The predicted octanol–water partition coefficient (Wildman–Crippen LogP) is 2.53. The summed E-state index contributed by atoms with van der Waals surface area (Å²) in [5.74, 6) is 0.344. The molecule has 1 aliphatic heterocycles. The van der Waals surface area contributed by atoms with Gasteiger partial charge in [0.15, 0.2) is 0 Å². The Morgan fingerprint density at radius 2 is 1.90 bits per heavy atom. The fourth-order valence-corrected chi connectivity index (χ4v) is 3.00. The molecule has 0 spiro atoms. The van der Waals surface area contributed by atoms with Crippen LogP contribution in [0.15, 0.2) is 24.3 Å². The molecule has 112 valence electrons. The van der Waals surface area contributed by atoms with Gasteiger partial charge in [0.2, 0.25) is 11.8 Å². The monoisotopic (exact) mass is 306 g/mol. The van der Waals surface area contributed by atoms with E-state index < -0.39 is 0 Å². The normalized spacial score (nSPS) is 24.5. The van der Waals surface area contributed by atoms with Gasteiger partial charge in [-0.3, -0.25) is 9.59 Å². The maximum atomic E-state index is 12.7. The molecule has 0 bridgehead atoms. The summed E-state index contributed by atoms with van der Waals surface area (Å²) in [4.78, 5) is 26.4. The molecule has 1 aromatic carbocycles. The van der Waals surface area contributed by atoms with Crippen LogP contribution in [-0.4, -0.2) is 29.3 Å². The van der Waals surface area contributed by atoms with Gasteiger partial charge in [-0.1, -0.05) is 23.7 Å². The molecule has 2 unspecified atom stereocenters. The van der Waals surface area contributed by atoms with Gasteiger partial charge >= 0.3 is 0 Å². The van der Waals surface area contributed by atoms with Crippen molar-refractivity contribution in [3.8, 4) is 0 Å². The summed E-state index contributed by atoms with van der Waals surface area (Å²) >= 11 is 5.91. The van der Waals surface area contributed by atoms with Crippen LogP contribution >= 0.6 is 11.6 Å². The summed E-state index contributed by atoms with van der Waals surface area (Å²) < 4.78 is 0. The van der Waals surface area contributed by atoms with Gasteiger partial charge in [0, 0.05) is 18.0 Å². The van der Waals surface area contributed by atoms with Crippen molar-refractivity contribution in [2.45, 2.75) is 38.3 Å². The van der Waals surface area contributed by atoms with Crippen LogP contribution in [0, 0.1) is 5.92 Å². The van der Waals surface area contributed by atoms with Crippen LogP contribution in [0.2, 0.25) is 5.02 Å². The van der Waals surface area contributed by atoms with Gasteiger partial charge in [-0.15, -0.1) is 0 Å². The van der Waals surface area contributed by atoms with Crippen molar-refractivity contribution in [3.63, 3.8) is 0 Å². The Balaban J connectivity index is 1.83. The third kappa shape index (κ3) is 3.05. The van der Waals surface area contributed by atoms with Gasteiger partial charge in [0.05, 0.1) is 6.04 Å². The van der Waals surface area contributed by atoms with E-state index in [-0.39, 0.29) is 23.9 Å². The van der Waals surface area contributed by atoms with E-state index in [9.17, 15) is 9.59 Å². The van der Waals surface area contributed by atoms with Crippen molar-refractivity contribution in [1.29, 1.82) is 0 Å². The van der Waals surface area contributed by atoms with Crippen molar-refractivity contribution in [3.05, 3.63) is 34.9 Å². The molecular weight excluding hydrogens is 288 g/mol. The smallest absolute Gasteiger partial charge is 0.245 e. The molecule has 2 amide bonds. The number of benzene rings is 1. The van der Waals surface area contributed by atoms with E-state index >= 15 is 0 Å². The summed E-state index contributed by atoms with van der Waals surface area (Å²) in [5.41, 5.74) is 1.04. The molecule has 2 aliphatic rings. The molecule has 4 nitrogen and oxygen atoms in total. The molecule has 3 rings (SSSR count). The lowest BCUT2D eigenvalue weighted by molar-refractivity contribution is -0.136. The van der Waals surface area contributed by atoms with E-state index in [1.165, 1.54) is 0 Å². The third-order valence-corrected chi connectivity index (χ3v) is 4.61. The number of rotatable bonds is 3. The molecule has 21 heavy (non-hydrogen) atoms. The highest BCUT2D eigenvalue weighted by Gasteiger charge is 2.42. The lowest BCUT2D eigenvalue weighted by Crippen LogP contribution is -2.46. The number of nitrogens with one attached hydrogen (secondary N) is 1. The first kappa shape index (κ1) is 14.4. The Labute approximate surface area is 129 Å². The molecule has 5 heteroatoms. The number of halogens is 1. The van der Waals surface area contributed by atoms with Gasteiger partial charge in [-0.2, -0.15) is 0 Å². The Bertz CT molecular complexity index is 554. The molecule has 0 aromatic heterocycles. The summed E-state index contributed by atoms with van der Waals surface area (Å²) in [5, 5.41) is 3.57. The van der Waals surface area contributed by atoms with Crippen LogP contribution in [0.5, 0.6) is 0 Å². The third-order valence-electron chi connectivity index (χ3n) is 4.36. The molecule has 2 fully saturated rings. The first-order chi connectivity index (χ1) is 10.1. The minimum atomic E-state index is -0.338. The van der Waals surface area contributed by atoms with Crippen LogP contribution in [0.3, 0.4) is 0 Å². The zero-order valence-corrected chi connectivity index (χ0v) is 12.8. The van der Waals surface area contributed by atoms with E-state index in [0.29, 0.717) is 23.9 Å². The molecule has 1 aromatic rings. The Kier molecular flexibility index (Phi) is 3.89. The highest BCUT2D eigenvalue weighted by molar-refractivity contribution is 6.30. The minimum Gasteiger partial charge on any atom is -0.344 e. The number of amides is 2. The van der Waals surface area contributed by atoms with Crippen LogP contribution in [0.25, 0.3) is 0 Å². The molecule has 1 saturated heterocycles. The second-order valence-corrected chi connectivity index (χ2v) is 6.33. The van der Waals surface area contributed by atoms with Gasteiger partial charge in [0.1, 0.15) is 6.04 Å². The lowest BCUT2D eigenvalue weighted by atomic mass is 10.0. The van der Waals surface area contributed by atoms with Crippen LogP contribution in [0.4, 0.5) is 0 Å². The van der Waals surface area contributed by atoms with Gasteiger partial charge in [-0.25, -0.2) is 0 Å². The average molecular weight is 307 g/mol. The quantitative estimate of drug-likeness (QED) is 0.933. The first-order valence-electron chi connectivity index (χ1n) is 7.41. The summed E-state index contributed by atoms with van der Waals surface area (Å²) in [6.07, 6.45) is 2.42. The maximum absolute atomic E-state index is 12.7.